The molecule has 0 saturated carbocycles. The molecule has 146 valence electrons. The summed E-state index contributed by atoms with van der Waals surface area (Å²) in [6, 6.07) is 8.53. The molecule has 0 aliphatic heterocycles. The lowest BCUT2D eigenvalue weighted by atomic mass is 10.0. The van der Waals surface area contributed by atoms with E-state index < -0.39 is 11.9 Å². The minimum absolute atomic E-state index is 0.120. The highest BCUT2D eigenvalue weighted by Gasteiger charge is 2.26. The molecule has 0 aliphatic rings. The van der Waals surface area contributed by atoms with Gasteiger partial charge in [-0.2, -0.15) is 0 Å². The second-order valence-corrected chi connectivity index (χ2v) is 7.87. The third kappa shape index (κ3) is 4.45. The molecule has 1 atom stereocenters. The van der Waals surface area contributed by atoms with E-state index in [2.05, 4.69) is 26.9 Å². The van der Waals surface area contributed by atoms with Crippen molar-refractivity contribution >= 4 is 28.3 Å². The number of aromatic nitrogens is 2. The predicted molar refractivity (Wildman–Crippen MR) is 108 cm³/mol. The fourth-order valence-electron chi connectivity index (χ4n) is 2.77. The Morgan fingerprint density at radius 1 is 1.14 bits per heavy atom. The van der Waals surface area contributed by atoms with Gasteiger partial charge in [0.1, 0.15) is 11.0 Å². The van der Waals surface area contributed by atoms with E-state index in [9.17, 15) is 9.59 Å². The summed E-state index contributed by atoms with van der Waals surface area (Å²) in [5, 5.41) is 14.8. The summed E-state index contributed by atoms with van der Waals surface area (Å²) < 4.78 is 5.08. The maximum atomic E-state index is 12.7. The van der Waals surface area contributed by atoms with Crippen LogP contribution in [0, 0.1) is 19.8 Å². The van der Waals surface area contributed by atoms with Crippen molar-refractivity contribution in [2.75, 3.05) is 5.32 Å². The summed E-state index contributed by atoms with van der Waals surface area (Å²) in [7, 11) is 0. The molecule has 0 fully saturated rings. The maximum absolute atomic E-state index is 12.7. The van der Waals surface area contributed by atoms with Crippen molar-refractivity contribution in [2.45, 2.75) is 33.7 Å². The predicted octanol–water partition coefficient (Wildman–Crippen LogP) is 3.81. The molecule has 0 radical (unpaired) electrons. The third-order valence-electron chi connectivity index (χ3n) is 4.25. The van der Waals surface area contributed by atoms with E-state index in [4.69, 9.17) is 4.42 Å². The van der Waals surface area contributed by atoms with Gasteiger partial charge in [-0.1, -0.05) is 48.9 Å². The maximum Gasteiger partial charge on any atom is 0.287 e. The van der Waals surface area contributed by atoms with Crippen molar-refractivity contribution in [1.82, 2.24) is 15.5 Å². The summed E-state index contributed by atoms with van der Waals surface area (Å²) >= 11 is 1.29. The van der Waals surface area contributed by atoms with Gasteiger partial charge in [0.05, 0.1) is 6.26 Å². The number of hydrogen-bond acceptors (Lipinski definition) is 6. The number of carbonyl (C=O) groups is 2. The first kappa shape index (κ1) is 19.8. The first-order valence-electron chi connectivity index (χ1n) is 8.91. The Balaban J connectivity index is 1.72. The van der Waals surface area contributed by atoms with Gasteiger partial charge in [0.15, 0.2) is 5.76 Å². The number of amides is 2. The second-order valence-electron chi connectivity index (χ2n) is 6.89. The number of anilines is 1. The van der Waals surface area contributed by atoms with Crippen LogP contribution in [0.3, 0.4) is 0 Å². The molecule has 0 saturated heterocycles. The van der Waals surface area contributed by atoms with E-state index in [-0.39, 0.29) is 17.6 Å². The molecule has 1 unspecified atom stereocenters. The zero-order chi connectivity index (χ0) is 20.3. The van der Waals surface area contributed by atoms with Crippen LogP contribution in [0.25, 0.3) is 10.6 Å². The van der Waals surface area contributed by atoms with E-state index in [0.29, 0.717) is 5.13 Å². The molecule has 2 heterocycles. The van der Waals surface area contributed by atoms with Gasteiger partial charge in [-0.3, -0.25) is 14.9 Å². The molecule has 1 aromatic carbocycles. The zero-order valence-corrected chi connectivity index (χ0v) is 17.0. The number of rotatable bonds is 6. The van der Waals surface area contributed by atoms with Gasteiger partial charge < -0.3 is 9.73 Å². The van der Waals surface area contributed by atoms with Crippen molar-refractivity contribution in [3.8, 4) is 10.6 Å². The van der Waals surface area contributed by atoms with Crippen molar-refractivity contribution < 1.29 is 14.0 Å². The molecule has 0 bridgehead atoms. The number of nitrogens with one attached hydrogen (secondary N) is 2. The average molecular weight is 398 g/mol. The van der Waals surface area contributed by atoms with Gasteiger partial charge in [0.2, 0.25) is 11.0 Å². The number of nitrogens with zero attached hydrogens (tertiary/aromatic N) is 2. The van der Waals surface area contributed by atoms with Crippen LogP contribution in [0.2, 0.25) is 0 Å². The molecule has 7 nitrogen and oxygen atoms in total. The molecule has 0 aliphatic carbocycles. The lowest BCUT2D eigenvalue weighted by molar-refractivity contribution is -0.118. The molecule has 2 N–H and O–H groups in total. The zero-order valence-electron chi connectivity index (χ0n) is 16.1. The van der Waals surface area contributed by atoms with E-state index in [0.717, 1.165) is 16.1 Å². The van der Waals surface area contributed by atoms with Gasteiger partial charge in [0.25, 0.3) is 5.91 Å². The Morgan fingerprint density at radius 3 is 2.57 bits per heavy atom. The Kier molecular flexibility index (Phi) is 5.89. The third-order valence-corrected chi connectivity index (χ3v) is 5.12. The van der Waals surface area contributed by atoms with Gasteiger partial charge in [-0.25, -0.2) is 0 Å². The highest BCUT2D eigenvalue weighted by molar-refractivity contribution is 7.18. The highest BCUT2D eigenvalue weighted by Crippen LogP contribution is 2.29. The lowest BCUT2D eigenvalue weighted by Gasteiger charge is -2.20. The van der Waals surface area contributed by atoms with Crippen LogP contribution in [0.4, 0.5) is 5.13 Å². The van der Waals surface area contributed by atoms with Crippen LogP contribution in [-0.4, -0.2) is 28.1 Å². The standard InChI is InChI=1S/C20H22N4O3S/c1-11(2)16(21-17(25)15-6-5-9-27-15)18(26)22-20-24-23-19(28-20)14-8-7-12(3)10-13(14)4/h5-11,16H,1-4H3,(H,21,25)(H,22,24,26). The highest BCUT2D eigenvalue weighted by atomic mass is 32.1. The van der Waals surface area contributed by atoms with Crippen molar-refractivity contribution in [3.05, 3.63) is 53.5 Å². The first-order chi connectivity index (χ1) is 13.3. The molecule has 2 amide bonds. The minimum Gasteiger partial charge on any atom is -0.459 e. The monoisotopic (exact) mass is 398 g/mol. The van der Waals surface area contributed by atoms with Crippen LogP contribution < -0.4 is 10.6 Å². The van der Waals surface area contributed by atoms with E-state index in [1.165, 1.54) is 23.2 Å². The van der Waals surface area contributed by atoms with Crippen LogP contribution in [0.15, 0.2) is 41.0 Å². The lowest BCUT2D eigenvalue weighted by Crippen LogP contribution is -2.47. The molecule has 0 spiro atoms. The Labute approximate surface area is 167 Å². The van der Waals surface area contributed by atoms with Gasteiger partial charge in [-0.05, 0) is 37.5 Å². The second kappa shape index (κ2) is 8.35. The molecular formula is C20H22N4O3S. The average Bonchev–Trinajstić information content (AvgIpc) is 3.31. The summed E-state index contributed by atoms with van der Waals surface area (Å²) in [6.45, 7) is 7.76. The first-order valence-corrected chi connectivity index (χ1v) is 9.73. The van der Waals surface area contributed by atoms with E-state index in [1.54, 1.807) is 12.1 Å². The quantitative estimate of drug-likeness (QED) is 0.658. The van der Waals surface area contributed by atoms with Crippen molar-refractivity contribution in [3.63, 3.8) is 0 Å². The molecule has 3 rings (SSSR count). The van der Waals surface area contributed by atoms with Crippen LogP contribution in [-0.2, 0) is 4.79 Å². The normalized spacial score (nSPS) is 12.0. The largest absolute Gasteiger partial charge is 0.459 e. The fourth-order valence-corrected chi connectivity index (χ4v) is 3.61. The van der Waals surface area contributed by atoms with Crippen LogP contribution >= 0.6 is 11.3 Å². The molecule has 28 heavy (non-hydrogen) atoms. The minimum atomic E-state index is -0.730. The SMILES string of the molecule is Cc1ccc(-c2nnc(NC(=O)C(NC(=O)c3ccco3)C(C)C)s2)c(C)c1. The number of benzene rings is 1. The molecule has 2 aromatic heterocycles. The number of hydrogen-bond donors (Lipinski definition) is 2. The van der Waals surface area contributed by atoms with Crippen LogP contribution in [0.1, 0.15) is 35.5 Å². The Morgan fingerprint density at radius 2 is 1.93 bits per heavy atom. The van der Waals surface area contributed by atoms with Crippen LogP contribution in [0.5, 0.6) is 0 Å². The number of aryl methyl sites for hydroxylation is 2. The smallest absolute Gasteiger partial charge is 0.287 e. The summed E-state index contributed by atoms with van der Waals surface area (Å²) in [5.74, 6) is -0.748. The summed E-state index contributed by atoms with van der Waals surface area (Å²) in [6.07, 6.45) is 1.41. The molecular weight excluding hydrogens is 376 g/mol. The fraction of sp³-hybridized carbons (Fsp3) is 0.300. The van der Waals surface area contributed by atoms with E-state index in [1.807, 2.05) is 39.8 Å². The number of furan rings is 1. The van der Waals surface area contributed by atoms with Gasteiger partial charge >= 0.3 is 0 Å². The summed E-state index contributed by atoms with van der Waals surface area (Å²) in [4.78, 5) is 24.9. The Hall–Kier alpha value is -3.00. The van der Waals surface area contributed by atoms with Crippen molar-refractivity contribution in [1.29, 1.82) is 0 Å². The molecule has 8 heteroatoms. The molecule has 3 aromatic rings. The number of carbonyl (C=O) groups excluding carboxylic acids is 2. The Bertz CT molecular complexity index is 979. The van der Waals surface area contributed by atoms with Gasteiger partial charge in [0, 0.05) is 5.56 Å². The summed E-state index contributed by atoms with van der Waals surface area (Å²) in [5.41, 5.74) is 3.25. The van der Waals surface area contributed by atoms with Gasteiger partial charge in [-0.15, -0.1) is 10.2 Å². The topological polar surface area (TPSA) is 97.1 Å². The van der Waals surface area contributed by atoms with Crippen molar-refractivity contribution in [2.24, 2.45) is 5.92 Å². The van der Waals surface area contributed by atoms with E-state index >= 15 is 0 Å².